The van der Waals surface area contributed by atoms with Crippen molar-refractivity contribution in [1.82, 2.24) is 4.90 Å². The first-order chi connectivity index (χ1) is 8.06. The van der Waals surface area contributed by atoms with E-state index in [0.717, 1.165) is 10.5 Å². The third-order valence-electron chi connectivity index (χ3n) is 2.69. The fourth-order valence-corrected chi connectivity index (χ4v) is 1.84. The third kappa shape index (κ3) is 3.91. The molecule has 1 aromatic rings. The molecule has 1 aromatic carbocycles. The van der Waals surface area contributed by atoms with E-state index in [0.29, 0.717) is 6.42 Å². The van der Waals surface area contributed by atoms with Crippen molar-refractivity contribution >= 4 is 17.7 Å². The summed E-state index contributed by atoms with van der Waals surface area (Å²) in [4.78, 5) is 12.0. The number of carboxylic acid groups (broad SMARTS) is 1. The molecule has 94 valence electrons. The number of alkyl halides is 1. The summed E-state index contributed by atoms with van der Waals surface area (Å²) < 4.78 is 0. The summed E-state index contributed by atoms with van der Waals surface area (Å²) >= 11 is 5.59. The van der Waals surface area contributed by atoms with Gasteiger partial charge in [0.05, 0.1) is 18.0 Å². The van der Waals surface area contributed by atoms with Gasteiger partial charge in [0.1, 0.15) is 0 Å². The molecule has 0 aromatic heterocycles. The quantitative estimate of drug-likeness (QED) is 0.791. The Bertz CT molecular complexity index is 358. The lowest BCUT2D eigenvalue weighted by atomic mass is 10.0. The second kappa shape index (κ2) is 6.47. The van der Waals surface area contributed by atoms with Crippen LogP contribution in [0.15, 0.2) is 30.3 Å². The Labute approximate surface area is 105 Å². The lowest BCUT2D eigenvalue weighted by Crippen LogP contribution is -2.46. The Morgan fingerprint density at radius 3 is 2.47 bits per heavy atom. The minimum Gasteiger partial charge on any atom is -0.465 e. The maximum absolute atomic E-state index is 10.9. The van der Waals surface area contributed by atoms with Crippen LogP contribution < -0.4 is 0 Å². The number of likely N-dealkylation sites (N-methyl/N-ethyl adjacent to an activating group) is 1. The van der Waals surface area contributed by atoms with E-state index in [4.69, 9.17) is 16.7 Å². The van der Waals surface area contributed by atoms with Crippen molar-refractivity contribution in [3.63, 3.8) is 0 Å². The molecule has 0 heterocycles. The monoisotopic (exact) mass is 257 g/mol. The standard InChI is InChI=1S/C12H16ClNO3/c1-14(12(16)17)10(11(15)8-13)7-9-5-3-2-4-6-9/h2-6,10-11,15H,7-8H2,1H3,(H,16,17)/t10-,11+/m0/s1. The average Bonchev–Trinajstić information content (AvgIpc) is 2.35. The van der Waals surface area contributed by atoms with Crippen LogP contribution in [0.5, 0.6) is 0 Å². The zero-order chi connectivity index (χ0) is 12.8. The lowest BCUT2D eigenvalue weighted by molar-refractivity contribution is 0.0720. The van der Waals surface area contributed by atoms with Crippen molar-refractivity contribution < 1.29 is 15.0 Å². The number of hydrogen-bond donors (Lipinski definition) is 2. The minimum atomic E-state index is -1.07. The van der Waals surface area contributed by atoms with Crippen LogP contribution in [0.1, 0.15) is 5.56 Å². The molecule has 0 fully saturated rings. The van der Waals surface area contributed by atoms with Gasteiger partial charge in [-0.15, -0.1) is 11.6 Å². The number of aliphatic hydroxyl groups excluding tert-OH is 1. The first-order valence-electron chi connectivity index (χ1n) is 5.30. The van der Waals surface area contributed by atoms with Crippen molar-refractivity contribution in [2.45, 2.75) is 18.6 Å². The van der Waals surface area contributed by atoms with Crippen LogP contribution in [0, 0.1) is 0 Å². The number of nitrogens with zero attached hydrogens (tertiary/aromatic N) is 1. The molecule has 0 aliphatic carbocycles. The molecule has 0 radical (unpaired) electrons. The summed E-state index contributed by atoms with van der Waals surface area (Å²) in [5, 5.41) is 18.7. The molecule has 2 N–H and O–H groups in total. The zero-order valence-electron chi connectivity index (χ0n) is 9.58. The van der Waals surface area contributed by atoms with Gasteiger partial charge in [0.2, 0.25) is 0 Å². The normalized spacial score (nSPS) is 14.1. The molecule has 0 bridgehead atoms. The highest BCUT2D eigenvalue weighted by molar-refractivity contribution is 6.18. The molecule has 0 spiro atoms. The van der Waals surface area contributed by atoms with Gasteiger partial charge in [-0.3, -0.25) is 0 Å². The first-order valence-corrected chi connectivity index (χ1v) is 5.83. The largest absolute Gasteiger partial charge is 0.465 e. The molecular weight excluding hydrogens is 242 g/mol. The molecular formula is C12H16ClNO3. The van der Waals surface area contributed by atoms with Crippen LogP contribution in [-0.2, 0) is 6.42 Å². The number of rotatable bonds is 5. The maximum atomic E-state index is 10.9. The predicted molar refractivity (Wildman–Crippen MR) is 66.4 cm³/mol. The van der Waals surface area contributed by atoms with Crippen LogP contribution in [0.25, 0.3) is 0 Å². The van der Waals surface area contributed by atoms with Gasteiger partial charge in [-0.1, -0.05) is 30.3 Å². The molecule has 1 rings (SSSR count). The van der Waals surface area contributed by atoms with Crippen molar-refractivity contribution in [3.8, 4) is 0 Å². The van der Waals surface area contributed by atoms with Crippen molar-refractivity contribution in [1.29, 1.82) is 0 Å². The fourth-order valence-electron chi connectivity index (χ4n) is 1.63. The molecule has 1 amide bonds. The fraction of sp³-hybridized carbons (Fsp3) is 0.417. The van der Waals surface area contributed by atoms with Crippen molar-refractivity contribution in [2.75, 3.05) is 12.9 Å². The summed E-state index contributed by atoms with van der Waals surface area (Å²) in [6.45, 7) is 0. The molecule has 17 heavy (non-hydrogen) atoms. The number of aliphatic hydroxyl groups is 1. The Morgan fingerprint density at radius 2 is 2.00 bits per heavy atom. The van der Waals surface area contributed by atoms with Crippen LogP contribution in [0.4, 0.5) is 4.79 Å². The van der Waals surface area contributed by atoms with Gasteiger partial charge in [-0.05, 0) is 12.0 Å². The van der Waals surface area contributed by atoms with E-state index in [9.17, 15) is 9.90 Å². The molecule has 5 heteroatoms. The van der Waals surface area contributed by atoms with Crippen LogP contribution in [-0.4, -0.2) is 46.3 Å². The smallest absolute Gasteiger partial charge is 0.407 e. The lowest BCUT2D eigenvalue weighted by Gasteiger charge is -2.29. The summed E-state index contributed by atoms with van der Waals surface area (Å²) in [5.74, 6) is 0.00905. The Balaban J connectivity index is 2.81. The summed E-state index contributed by atoms with van der Waals surface area (Å²) in [6.07, 6.45) is -1.51. The molecule has 0 aliphatic heterocycles. The molecule has 0 saturated carbocycles. The van der Waals surface area contributed by atoms with Gasteiger partial charge in [0.25, 0.3) is 0 Å². The zero-order valence-corrected chi connectivity index (χ0v) is 10.3. The van der Waals surface area contributed by atoms with E-state index < -0.39 is 18.2 Å². The summed E-state index contributed by atoms with van der Waals surface area (Å²) in [5.41, 5.74) is 0.967. The van der Waals surface area contributed by atoms with E-state index in [1.54, 1.807) is 0 Å². The molecule has 0 unspecified atom stereocenters. The van der Waals surface area contributed by atoms with Gasteiger partial charge in [0, 0.05) is 7.05 Å². The van der Waals surface area contributed by atoms with Crippen molar-refractivity contribution in [2.24, 2.45) is 0 Å². The third-order valence-corrected chi connectivity index (χ3v) is 3.01. The van der Waals surface area contributed by atoms with E-state index in [-0.39, 0.29) is 5.88 Å². The number of carbonyl (C=O) groups is 1. The Kier molecular flexibility index (Phi) is 5.25. The van der Waals surface area contributed by atoms with E-state index in [1.165, 1.54) is 7.05 Å². The van der Waals surface area contributed by atoms with E-state index in [1.807, 2.05) is 30.3 Å². The minimum absolute atomic E-state index is 0.00905. The molecule has 0 saturated heterocycles. The number of amides is 1. The first kappa shape index (κ1) is 13.8. The van der Waals surface area contributed by atoms with Crippen LogP contribution >= 0.6 is 11.6 Å². The van der Waals surface area contributed by atoms with Crippen LogP contribution in [0.2, 0.25) is 0 Å². The maximum Gasteiger partial charge on any atom is 0.407 e. The summed E-state index contributed by atoms with van der Waals surface area (Å²) in [7, 11) is 1.44. The second-order valence-corrected chi connectivity index (χ2v) is 4.18. The number of hydrogen-bond acceptors (Lipinski definition) is 2. The van der Waals surface area contributed by atoms with Gasteiger partial charge < -0.3 is 15.1 Å². The predicted octanol–water partition coefficient (Wildman–Crippen LogP) is 1.81. The van der Waals surface area contributed by atoms with E-state index >= 15 is 0 Å². The van der Waals surface area contributed by atoms with E-state index in [2.05, 4.69) is 0 Å². The van der Waals surface area contributed by atoms with Gasteiger partial charge >= 0.3 is 6.09 Å². The van der Waals surface area contributed by atoms with Crippen molar-refractivity contribution in [3.05, 3.63) is 35.9 Å². The van der Waals surface area contributed by atoms with Gasteiger partial charge in [-0.2, -0.15) is 0 Å². The molecule has 0 aliphatic rings. The topological polar surface area (TPSA) is 60.8 Å². The number of benzene rings is 1. The van der Waals surface area contributed by atoms with Gasteiger partial charge in [-0.25, -0.2) is 4.79 Å². The highest BCUT2D eigenvalue weighted by atomic mass is 35.5. The van der Waals surface area contributed by atoms with Crippen LogP contribution in [0.3, 0.4) is 0 Å². The summed E-state index contributed by atoms with van der Waals surface area (Å²) in [6, 6.07) is 8.89. The second-order valence-electron chi connectivity index (χ2n) is 3.87. The number of halogens is 1. The highest BCUT2D eigenvalue weighted by Gasteiger charge is 2.26. The molecule has 4 nitrogen and oxygen atoms in total. The molecule has 2 atom stereocenters. The Morgan fingerprint density at radius 1 is 1.41 bits per heavy atom. The van der Waals surface area contributed by atoms with Gasteiger partial charge in [0.15, 0.2) is 0 Å². The Hall–Kier alpha value is -1.26. The SMILES string of the molecule is CN(C(=O)O)[C@@H](Cc1ccccc1)[C@H](O)CCl. The average molecular weight is 258 g/mol. The highest BCUT2D eigenvalue weighted by Crippen LogP contribution is 2.12.